The first-order valence-corrected chi connectivity index (χ1v) is 6.72. The first kappa shape index (κ1) is 13.0. The molecule has 1 atom stereocenters. The standard InChI is InChI=1S/C14H23N3O/c1-10-4-7-13(18-10)11(2)17-14(15-3)16-9-8-12-5-6-12/h4,7,11-12H,5-6,8-9H2,1-3H3,(H2,15,16,17). The van der Waals surface area contributed by atoms with Gasteiger partial charge in [-0.15, -0.1) is 0 Å². The average Bonchev–Trinajstić information content (AvgIpc) is 3.08. The monoisotopic (exact) mass is 249 g/mol. The number of aryl methyl sites for hydroxylation is 1. The van der Waals surface area contributed by atoms with E-state index in [-0.39, 0.29) is 6.04 Å². The van der Waals surface area contributed by atoms with Gasteiger partial charge in [0.1, 0.15) is 11.5 Å². The van der Waals surface area contributed by atoms with E-state index < -0.39 is 0 Å². The lowest BCUT2D eigenvalue weighted by molar-refractivity contribution is 0.441. The molecule has 1 aromatic heterocycles. The van der Waals surface area contributed by atoms with Crippen LogP contribution in [0.4, 0.5) is 0 Å². The lowest BCUT2D eigenvalue weighted by atomic mass is 10.2. The summed E-state index contributed by atoms with van der Waals surface area (Å²) in [5, 5.41) is 6.68. The molecule has 1 aromatic rings. The van der Waals surface area contributed by atoms with Crippen molar-refractivity contribution in [3.8, 4) is 0 Å². The van der Waals surface area contributed by atoms with Gasteiger partial charge in [-0.1, -0.05) is 12.8 Å². The molecule has 1 aliphatic carbocycles. The van der Waals surface area contributed by atoms with Crippen LogP contribution in [-0.2, 0) is 0 Å². The fraction of sp³-hybridized carbons (Fsp3) is 0.643. The van der Waals surface area contributed by atoms with Gasteiger partial charge in [-0.25, -0.2) is 0 Å². The summed E-state index contributed by atoms with van der Waals surface area (Å²) in [6, 6.07) is 4.12. The van der Waals surface area contributed by atoms with E-state index in [0.29, 0.717) is 0 Å². The number of rotatable bonds is 5. The van der Waals surface area contributed by atoms with Crippen LogP contribution in [0.25, 0.3) is 0 Å². The zero-order valence-electron chi connectivity index (χ0n) is 11.5. The molecule has 4 heteroatoms. The van der Waals surface area contributed by atoms with E-state index in [0.717, 1.165) is 29.9 Å². The largest absolute Gasteiger partial charge is 0.464 e. The molecule has 0 bridgehead atoms. The van der Waals surface area contributed by atoms with Gasteiger partial charge in [-0.2, -0.15) is 0 Å². The highest BCUT2D eigenvalue weighted by atomic mass is 16.3. The Morgan fingerprint density at radius 1 is 1.50 bits per heavy atom. The van der Waals surface area contributed by atoms with Crippen LogP contribution in [0.15, 0.2) is 21.5 Å². The molecule has 100 valence electrons. The van der Waals surface area contributed by atoms with Gasteiger partial charge in [0, 0.05) is 13.6 Å². The zero-order valence-corrected chi connectivity index (χ0v) is 11.5. The number of furan rings is 1. The molecule has 0 aliphatic heterocycles. The quantitative estimate of drug-likeness (QED) is 0.623. The minimum absolute atomic E-state index is 0.130. The average molecular weight is 249 g/mol. The van der Waals surface area contributed by atoms with Crippen LogP contribution < -0.4 is 10.6 Å². The highest BCUT2D eigenvalue weighted by Crippen LogP contribution is 2.31. The summed E-state index contributed by atoms with van der Waals surface area (Å²) in [6.45, 7) is 5.03. The molecule has 1 fully saturated rings. The molecule has 1 heterocycles. The molecule has 2 rings (SSSR count). The molecule has 18 heavy (non-hydrogen) atoms. The van der Waals surface area contributed by atoms with Crippen molar-refractivity contribution in [2.45, 2.75) is 39.2 Å². The van der Waals surface area contributed by atoms with E-state index in [1.807, 2.05) is 19.1 Å². The van der Waals surface area contributed by atoms with E-state index in [1.165, 1.54) is 19.3 Å². The van der Waals surface area contributed by atoms with E-state index in [1.54, 1.807) is 7.05 Å². The van der Waals surface area contributed by atoms with Crippen LogP contribution in [0.2, 0.25) is 0 Å². The molecule has 0 amide bonds. The highest BCUT2D eigenvalue weighted by Gasteiger charge is 2.20. The number of hydrogen-bond acceptors (Lipinski definition) is 2. The predicted octanol–water partition coefficient (Wildman–Crippen LogP) is 2.61. The Morgan fingerprint density at radius 3 is 2.83 bits per heavy atom. The molecule has 1 unspecified atom stereocenters. The fourth-order valence-electron chi connectivity index (χ4n) is 1.96. The summed E-state index contributed by atoms with van der Waals surface area (Å²) >= 11 is 0. The third-order valence-electron chi connectivity index (χ3n) is 3.31. The molecular formula is C14H23N3O. The van der Waals surface area contributed by atoms with Gasteiger partial charge in [0.25, 0.3) is 0 Å². The Hall–Kier alpha value is -1.45. The Bertz CT molecular complexity index is 407. The molecule has 0 aromatic carbocycles. The van der Waals surface area contributed by atoms with Crippen molar-refractivity contribution in [2.24, 2.45) is 10.9 Å². The normalized spacial score (nSPS) is 17.6. The van der Waals surface area contributed by atoms with Gasteiger partial charge in [0.2, 0.25) is 0 Å². The van der Waals surface area contributed by atoms with Crippen LogP contribution in [0.5, 0.6) is 0 Å². The van der Waals surface area contributed by atoms with Crippen molar-refractivity contribution in [3.63, 3.8) is 0 Å². The van der Waals surface area contributed by atoms with Crippen molar-refractivity contribution in [3.05, 3.63) is 23.7 Å². The second kappa shape index (κ2) is 5.94. The van der Waals surface area contributed by atoms with Crippen molar-refractivity contribution < 1.29 is 4.42 Å². The topological polar surface area (TPSA) is 49.6 Å². The molecule has 0 spiro atoms. The molecule has 1 aliphatic rings. The molecule has 0 saturated heterocycles. The second-order valence-electron chi connectivity index (χ2n) is 5.05. The minimum Gasteiger partial charge on any atom is -0.464 e. The maximum Gasteiger partial charge on any atom is 0.191 e. The van der Waals surface area contributed by atoms with Crippen LogP contribution in [0, 0.1) is 12.8 Å². The first-order valence-electron chi connectivity index (χ1n) is 6.72. The Kier molecular flexibility index (Phi) is 4.28. The zero-order chi connectivity index (χ0) is 13.0. The SMILES string of the molecule is CN=C(NCCC1CC1)NC(C)c1ccc(C)o1. The van der Waals surface area contributed by atoms with Gasteiger partial charge >= 0.3 is 0 Å². The van der Waals surface area contributed by atoms with Gasteiger partial charge in [-0.05, 0) is 38.3 Å². The smallest absolute Gasteiger partial charge is 0.191 e. The van der Waals surface area contributed by atoms with Crippen molar-refractivity contribution in [2.75, 3.05) is 13.6 Å². The number of hydrogen-bond donors (Lipinski definition) is 2. The number of nitrogens with zero attached hydrogens (tertiary/aromatic N) is 1. The first-order chi connectivity index (χ1) is 8.69. The third kappa shape index (κ3) is 3.79. The summed E-state index contributed by atoms with van der Waals surface area (Å²) < 4.78 is 5.60. The maximum absolute atomic E-state index is 5.60. The van der Waals surface area contributed by atoms with Crippen LogP contribution in [0.1, 0.15) is 43.7 Å². The molecule has 2 N–H and O–H groups in total. The second-order valence-corrected chi connectivity index (χ2v) is 5.05. The number of aliphatic imine (C=N–C) groups is 1. The molecular weight excluding hydrogens is 226 g/mol. The van der Waals surface area contributed by atoms with Crippen molar-refractivity contribution >= 4 is 5.96 Å². The summed E-state index contributed by atoms with van der Waals surface area (Å²) in [5.74, 6) is 3.67. The number of nitrogens with one attached hydrogen (secondary N) is 2. The lowest BCUT2D eigenvalue weighted by Crippen LogP contribution is -2.39. The van der Waals surface area contributed by atoms with Crippen LogP contribution in [-0.4, -0.2) is 19.6 Å². The summed E-state index contributed by atoms with van der Waals surface area (Å²) in [7, 11) is 1.80. The summed E-state index contributed by atoms with van der Waals surface area (Å²) in [5.41, 5.74) is 0. The van der Waals surface area contributed by atoms with Gasteiger partial charge < -0.3 is 15.1 Å². The van der Waals surface area contributed by atoms with E-state index >= 15 is 0 Å². The Balaban J connectivity index is 1.77. The molecule has 1 saturated carbocycles. The lowest BCUT2D eigenvalue weighted by Gasteiger charge is -2.16. The molecule has 4 nitrogen and oxygen atoms in total. The Morgan fingerprint density at radius 2 is 2.28 bits per heavy atom. The highest BCUT2D eigenvalue weighted by molar-refractivity contribution is 5.79. The Labute approximate surface area is 109 Å². The van der Waals surface area contributed by atoms with Crippen molar-refractivity contribution in [1.29, 1.82) is 0 Å². The van der Waals surface area contributed by atoms with Crippen LogP contribution in [0.3, 0.4) is 0 Å². The van der Waals surface area contributed by atoms with Crippen LogP contribution >= 0.6 is 0 Å². The van der Waals surface area contributed by atoms with E-state index in [4.69, 9.17) is 4.42 Å². The van der Waals surface area contributed by atoms with Gasteiger partial charge in [-0.3, -0.25) is 4.99 Å². The fourth-order valence-corrected chi connectivity index (χ4v) is 1.96. The van der Waals surface area contributed by atoms with Gasteiger partial charge in [0.05, 0.1) is 6.04 Å². The minimum atomic E-state index is 0.130. The van der Waals surface area contributed by atoms with Gasteiger partial charge in [0.15, 0.2) is 5.96 Å². The summed E-state index contributed by atoms with van der Waals surface area (Å²) in [6.07, 6.45) is 4.04. The van der Waals surface area contributed by atoms with E-state index in [2.05, 4.69) is 22.5 Å². The van der Waals surface area contributed by atoms with Crippen molar-refractivity contribution in [1.82, 2.24) is 10.6 Å². The third-order valence-corrected chi connectivity index (χ3v) is 3.31. The maximum atomic E-state index is 5.60. The predicted molar refractivity (Wildman–Crippen MR) is 73.7 cm³/mol. The summed E-state index contributed by atoms with van der Waals surface area (Å²) in [4.78, 5) is 4.23. The molecule has 0 radical (unpaired) electrons. The van der Waals surface area contributed by atoms with E-state index in [9.17, 15) is 0 Å². The number of guanidine groups is 1.